The number of carbonyl (C=O) groups excluding carboxylic acids is 1. The van der Waals surface area contributed by atoms with E-state index in [1.54, 1.807) is 0 Å². The molecule has 0 saturated heterocycles. The van der Waals surface area contributed by atoms with Crippen LogP contribution in [0.4, 0.5) is 0 Å². The number of hydrogen-bond acceptors (Lipinski definition) is 4. The Balaban J connectivity index is 1.48. The first-order chi connectivity index (χ1) is 14.7. The minimum Gasteiger partial charge on any atom is -0.459 e. The van der Waals surface area contributed by atoms with E-state index < -0.39 is 0 Å². The van der Waals surface area contributed by atoms with Gasteiger partial charge in [-0.3, -0.25) is 0 Å². The Labute approximate surface area is 181 Å². The van der Waals surface area contributed by atoms with Gasteiger partial charge >= 0.3 is 5.97 Å². The van der Waals surface area contributed by atoms with E-state index in [2.05, 4.69) is 23.8 Å². The Morgan fingerprint density at radius 3 is 2.23 bits per heavy atom. The number of hydrogen-bond donors (Lipinski definition) is 0. The molecule has 0 unspecified atom stereocenters. The van der Waals surface area contributed by atoms with Crippen LogP contribution in [0.5, 0.6) is 0 Å². The van der Waals surface area contributed by atoms with Gasteiger partial charge in [-0.2, -0.15) is 0 Å². The fourth-order valence-corrected chi connectivity index (χ4v) is 4.21. The molecule has 2 aromatic rings. The zero-order chi connectivity index (χ0) is 21.2. The summed E-state index contributed by atoms with van der Waals surface area (Å²) in [5.41, 5.74) is 2.69. The van der Waals surface area contributed by atoms with Gasteiger partial charge in [-0.05, 0) is 62.1 Å². The van der Waals surface area contributed by atoms with E-state index in [1.807, 2.05) is 36.7 Å². The average molecular weight is 409 g/mol. The number of carbonyl (C=O) groups is 1. The average Bonchev–Trinajstić information content (AvgIpc) is 2.79. The van der Waals surface area contributed by atoms with Gasteiger partial charge in [0.2, 0.25) is 0 Å². The molecule has 1 aromatic carbocycles. The summed E-state index contributed by atoms with van der Waals surface area (Å²) in [6.45, 7) is 4.43. The van der Waals surface area contributed by atoms with Crippen molar-refractivity contribution in [2.24, 2.45) is 5.92 Å². The molecule has 0 N–H and O–H groups in total. The van der Waals surface area contributed by atoms with Crippen molar-refractivity contribution >= 4 is 5.97 Å². The van der Waals surface area contributed by atoms with Crippen molar-refractivity contribution in [2.75, 3.05) is 0 Å². The van der Waals surface area contributed by atoms with E-state index in [1.165, 1.54) is 50.5 Å². The number of nitrogens with zero attached hydrogens (tertiary/aromatic N) is 2. The van der Waals surface area contributed by atoms with Crippen LogP contribution in [-0.4, -0.2) is 22.0 Å². The number of ether oxygens (including phenoxy) is 1. The number of rotatable bonds is 10. The van der Waals surface area contributed by atoms with E-state index in [0.29, 0.717) is 11.4 Å². The largest absolute Gasteiger partial charge is 0.459 e. The fourth-order valence-electron chi connectivity index (χ4n) is 4.21. The minimum absolute atomic E-state index is 0.0681. The number of aromatic nitrogens is 2. The van der Waals surface area contributed by atoms with Crippen LogP contribution in [0.25, 0.3) is 11.4 Å². The van der Waals surface area contributed by atoms with Crippen LogP contribution < -0.4 is 0 Å². The maximum absolute atomic E-state index is 12.5. The SMILES string of the molecule is CCCCCC1CCC(OC(=O)c2ccc(-c3ncc(CCCC)cn3)cc2)CC1. The smallest absolute Gasteiger partial charge is 0.338 e. The normalized spacial score (nSPS) is 18.9. The topological polar surface area (TPSA) is 52.1 Å². The highest BCUT2D eigenvalue weighted by Gasteiger charge is 2.24. The number of unbranched alkanes of at least 4 members (excludes halogenated alkanes) is 3. The lowest BCUT2D eigenvalue weighted by atomic mass is 9.84. The lowest BCUT2D eigenvalue weighted by Gasteiger charge is -2.28. The van der Waals surface area contributed by atoms with Crippen molar-refractivity contribution in [3.63, 3.8) is 0 Å². The van der Waals surface area contributed by atoms with Gasteiger partial charge in [0.25, 0.3) is 0 Å². The molecule has 0 aliphatic heterocycles. The molecular weight excluding hydrogens is 372 g/mol. The lowest BCUT2D eigenvalue weighted by Crippen LogP contribution is -2.24. The van der Waals surface area contributed by atoms with Gasteiger partial charge in [0.05, 0.1) is 5.56 Å². The van der Waals surface area contributed by atoms with Gasteiger partial charge < -0.3 is 4.74 Å². The third kappa shape index (κ3) is 6.65. The molecule has 4 heteroatoms. The first-order valence-corrected chi connectivity index (χ1v) is 11.8. The second kappa shape index (κ2) is 11.8. The van der Waals surface area contributed by atoms with Crippen molar-refractivity contribution in [2.45, 2.75) is 90.6 Å². The second-order valence-corrected chi connectivity index (χ2v) is 8.64. The predicted molar refractivity (Wildman–Crippen MR) is 121 cm³/mol. The Hall–Kier alpha value is -2.23. The van der Waals surface area contributed by atoms with Crippen LogP contribution in [0.2, 0.25) is 0 Å². The zero-order valence-electron chi connectivity index (χ0n) is 18.6. The molecule has 0 amide bonds. The second-order valence-electron chi connectivity index (χ2n) is 8.64. The van der Waals surface area contributed by atoms with Gasteiger partial charge in [0.1, 0.15) is 6.10 Å². The van der Waals surface area contributed by atoms with Crippen LogP contribution in [0.1, 0.15) is 94.0 Å². The molecular formula is C26H36N2O2. The molecule has 1 aromatic heterocycles. The molecule has 0 spiro atoms. The summed E-state index contributed by atoms with van der Waals surface area (Å²) >= 11 is 0. The molecule has 0 bridgehead atoms. The molecule has 4 nitrogen and oxygen atoms in total. The third-order valence-electron chi connectivity index (χ3n) is 6.19. The molecule has 3 rings (SSSR count). The van der Waals surface area contributed by atoms with Crippen LogP contribution in [0.15, 0.2) is 36.7 Å². The van der Waals surface area contributed by atoms with Gasteiger partial charge in [0, 0.05) is 18.0 Å². The third-order valence-corrected chi connectivity index (χ3v) is 6.19. The summed E-state index contributed by atoms with van der Waals surface area (Å²) in [6.07, 6.45) is 16.9. The Bertz CT molecular complexity index is 763. The number of esters is 1. The first kappa shape index (κ1) is 22.5. The van der Waals surface area contributed by atoms with E-state index in [-0.39, 0.29) is 12.1 Å². The summed E-state index contributed by atoms with van der Waals surface area (Å²) in [5.74, 6) is 1.29. The molecule has 1 saturated carbocycles. The minimum atomic E-state index is -0.216. The predicted octanol–water partition coefficient (Wildman–Crippen LogP) is 6.78. The Kier molecular flexibility index (Phi) is 8.85. The molecule has 1 aliphatic carbocycles. The molecule has 162 valence electrons. The summed E-state index contributed by atoms with van der Waals surface area (Å²) < 4.78 is 5.78. The first-order valence-electron chi connectivity index (χ1n) is 11.8. The molecule has 1 fully saturated rings. The van der Waals surface area contributed by atoms with E-state index in [4.69, 9.17) is 4.74 Å². The van der Waals surface area contributed by atoms with Gasteiger partial charge in [-0.1, -0.05) is 58.1 Å². The Morgan fingerprint density at radius 2 is 1.60 bits per heavy atom. The highest BCUT2D eigenvalue weighted by atomic mass is 16.5. The highest BCUT2D eigenvalue weighted by Crippen LogP contribution is 2.30. The molecule has 1 heterocycles. The van der Waals surface area contributed by atoms with E-state index in [9.17, 15) is 4.79 Å². The van der Waals surface area contributed by atoms with E-state index >= 15 is 0 Å². The van der Waals surface area contributed by atoms with E-state index in [0.717, 1.165) is 37.2 Å². The molecule has 1 aliphatic rings. The summed E-state index contributed by atoms with van der Waals surface area (Å²) in [5, 5.41) is 0. The fraction of sp³-hybridized carbons (Fsp3) is 0.577. The van der Waals surface area contributed by atoms with Crippen molar-refractivity contribution < 1.29 is 9.53 Å². The van der Waals surface area contributed by atoms with Crippen molar-refractivity contribution in [1.29, 1.82) is 0 Å². The van der Waals surface area contributed by atoms with Gasteiger partial charge in [0.15, 0.2) is 5.82 Å². The Morgan fingerprint density at radius 1 is 0.933 bits per heavy atom. The van der Waals surface area contributed by atoms with Gasteiger partial charge in [-0.25, -0.2) is 14.8 Å². The molecule has 0 atom stereocenters. The van der Waals surface area contributed by atoms with Crippen LogP contribution in [0.3, 0.4) is 0 Å². The van der Waals surface area contributed by atoms with Gasteiger partial charge in [-0.15, -0.1) is 0 Å². The summed E-state index contributed by atoms with van der Waals surface area (Å²) in [6, 6.07) is 7.45. The maximum Gasteiger partial charge on any atom is 0.338 e. The van der Waals surface area contributed by atoms with Crippen LogP contribution in [0, 0.1) is 5.92 Å². The molecule has 0 radical (unpaired) electrons. The lowest BCUT2D eigenvalue weighted by molar-refractivity contribution is 0.0161. The highest BCUT2D eigenvalue weighted by molar-refractivity contribution is 5.90. The number of benzene rings is 1. The van der Waals surface area contributed by atoms with Crippen molar-refractivity contribution in [3.05, 3.63) is 47.8 Å². The van der Waals surface area contributed by atoms with Crippen LogP contribution in [-0.2, 0) is 11.2 Å². The molecule has 30 heavy (non-hydrogen) atoms. The summed E-state index contributed by atoms with van der Waals surface area (Å²) in [7, 11) is 0. The quantitative estimate of drug-likeness (QED) is 0.321. The number of aryl methyl sites for hydroxylation is 1. The van der Waals surface area contributed by atoms with Crippen LogP contribution >= 0.6 is 0 Å². The standard InChI is InChI=1S/C26H36N2O2/c1-3-5-7-9-20-10-16-24(17-11-20)30-26(29)23-14-12-22(13-15-23)25-27-18-21(19-28-25)8-6-4-2/h12-15,18-20,24H,3-11,16-17H2,1-2H3. The maximum atomic E-state index is 12.5. The van der Waals surface area contributed by atoms with Crippen molar-refractivity contribution in [1.82, 2.24) is 9.97 Å². The zero-order valence-corrected chi connectivity index (χ0v) is 18.6. The van der Waals surface area contributed by atoms with Crippen molar-refractivity contribution in [3.8, 4) is 11.4 Å². The summed E-state index contributed by atoms with van der Waals surface area (Å²) in [4.78, 5) is 21.5. The monoisotopic (exact) mass is 408 g/mol.